The standard InChI is InChI=1S/C17H17BrN2OS/c18-16-6-5-13(22-16)11-20-9-7-12(8-10-20)17-19-14-3-1-2-4-15(14)21-17/h1-6,12H,7-11H2. The van der Waals surface area contributed by atoms with Crippen molar-refractivity contribution in [1.29, 1.82) is 0 Å². The molecule has 0 aliphatic carbocycles. The van der Waals surface area contributed by atoms with Crippen LogP contribution >= 0.6 is 27.3 Å². The quantitative estimate of drug-likeness (QED) is 0.641. The average molecular weight is 377 g/mol. The molecule has 5 heteroatoms. The number of thiophene rings is 1. The van der Waals surface area contributed by atoms with E-state index < -0.39 is 0 Å². The molecule has 114 valence electrons. The SMILES string of the molecule is Brc1ccc(CN2CCC(c3nc4ccccc4o3)CC2)s1. The number of likely N-dealkylation sites (tertiary alicyclic amines) is 1. The van der Waals surface area contributed by atoms with Gasteiger partial charge in [0, 0.05) is 17.3 Å². The highest BCUT2D eigenvalue weighted by molar-refractivity contribution is 9.11. The van der Waals surface area contributed by atoms with E-state index in [-0.39, 0.29) is 0 Å². The largest absolute Gasteiger partial charge is 0.440 e. The zero-order valence-electron chi connectivity index (χ0n) is 12.2. The summed E-state index contributed by atoms with van der Waals surface area (Å²) < 4.78 is 7.14. The Hall–Kier alpha value is -1.17. The number of rotatable bonds is 3. The lowest BCUT2D eigenvalue weighted by atomic mass is 9.97. The van der Waals surface area contributed by atoms with Gasteiger partial charge in [-0.25, -0.2) is 4.98 Å². The number of nitrogens with zero attached hydrogens (tertiary/aromatic N) is 2. The third kappa shape index (κ3) is 2.98. The van der Waals surface area contributed by atoms with Crippen LogP contribution in [-0.4, -0.2) is 23.0 Å². The lowest BCUT2D eigenvalue weighted by molar-refractivity contribution is 0.195. The molecular weight excluding hydrogens is 360 g/mol. The summed E-state index contributed by atoms with van der Waals surface area (Å²) in [5.41, 5.74) is 1.88. The lowest BCUT2D eigenvalue weighted by Crippen LogP contribution is -2.32. The van der Waals surface area contributed by atoms with Crippen LogP contribution < -0.4 is 0 Å². The van der Waals surface area contributed by atoms with E-state index in [1.807, 2.05) is 35.6 Å². The first-order valence-electron chi connectivity index (χ1n) is 7.60. The van der Waals surface area contributed by atoms with Crippen LogP contribution in [0.2, 0.25) is 0 Å². The highest BCUT2D eigenvalue weighted by atomic mass is 79.9. The first-order chi connectivity index (χ1) is 10.8. The highest BCUT2D eigenvalue weighted by Gasteiger charge is 2.24. The Morgan fingerprint density at radius 2 is 2.00 bits per heavy atom. The molecule has 0 N–H and O–H groups in total. The van der Waals surface area contributed by atoms with Crippen LogP contribution in [0.25, 0.3) is 11.1 Å². The fourth-order valence-electron chi connectivity index (χ4n) is 3.06. The molecule has 3 aromatic rings. The van der Waals surface area contributed by atoms with Crippen molar-refractivity contribution >= 4 is 38.4 Å². The Morgan fingerprint density at radius 3 is 2.73 bits per heavy atom. The summed E-state index contributed by atoms with van der Waals surface area (Å²) >= 11 is 5.36. The molecule has 1 aliphatic rings. The lowest BCUT2D eigenvalue weighted by Gasteiger charge is -2.30. The van der Waals surface area contributed by atoms with Gasteiger partial charge in [-0.2, -0.15) is 0 Å². The van der Waals surface area contributed by atoms with Crippen molar-refractivity contribution < 1.29 is 4.42 Å². The zero-order valence-corrected chi connectivity index (χ0v) is 14.6. The summed E-state index contributed by atoms with van der Waals surface area (Å²) in [6, 6.07) is 12.4. The molecule has 1 aromatic carbocycles. The van der Waals surface area contributed by atoms with Gasteiger partial charge in [-0.05, 0) is 66.1 Å². The molecule has 0 atom stereocenters. The summed E-state index contributed by atoms with van der Waals surface area (Å²) in [6.45, 7) is 3.27. The summed E-state index contributed by atoms with van der Waals surface area (Å²) in [4.78, 5) is 8.61. The van der Waals surface area contributed by atoms with Gasteiger partial charge in [-0.1, -0.05) is 12.1 Å². The highest BCUT2D eigenvalue weighted by Crippen LogP contribution is 2.31. The average Bonchev–Trinajstić information content (AvgIpc) is 3.14. The Bertz CT molecular complexity index is 741. The molecule has 1 aliphatic heterocycles. The van der Waals surface area contributed by atoms with E-state index in [9.17, 15) is 0 Å². The first kappa shape index (κ1) is 14.4. The van der Waals surface area contributed by atoms with Crippen molar-refractivity contribution in [3.63, 3.8) is 0 Å². The van der Waals surface area contributed by atoms with Gasteiger partial charge in [0.15, 0.2) is 11.5 Å². The van der Waals surface area contributed by atoms with Gasteiger partial charge in [0.2, 0.25) is 0 Å². The molecule has 3 heterocycles. The fourth-order valence-corrected chi connectivity index (χ4v) is 4.59. The van der Waals surface area contributed by atoms with Crippen molar-refractivity contribution in [1.82, 2.24) is 9.88 Å². The predicted molar refractivity (Wildman–Crippen MR) is 93.3 cm³/mol. The fraction of sp³-hybridized carbons (Fsp3) is 0.353. The van der Waals surface area contributed by atoms with Crippen LogP contribution in [0, 0.1) is 0 Å². The van der Waals surface area contributed by atoms with E-state index in [4.69, 9.17) is 4.42 Å². The maximum Gasteiger partial charge on any atom is 0.198 e. The Morgan fingerprint density at radius 1 is 1.18 bits per heavy atom. The second-order valence-electron chi connectivity index (χ2n) is 5.78. The zero-order chi connectivity index (χ0) is 14.9. The van der Waals surface area contributed by atoms with Gasteiger partial charge in [-0.3, -0.25) is 4.90 Å². The van der Waals surface area contributed by atoms with E-state index in [1.165, 1.54) is 8.66 Å². The molecule has 0 radical (unpaired) electrons. The number of hydrogen-bond acceptors (Lipinski definition) is 4. The van der Waals surface area contributed by atoms with Gasteiger partial charge in [0.25, 0.3) is 0 Å². The second kappa shape index (κ2) is 6.14. The van der Waals surface area contributed by atoms with Crippen molar-refractivity contribution in [3.8, 4) is 0 Å². The van der Waals surface area contributed by atoms with Crippen LogP contribution in [0.1, 0.15) is 29.5 Å². The van der Waals surface area contributed by atoms with Crippen molar-refractivity contribution in [3.05, 3.63) is 51.0 Å². The van der Waals surface area contributed by atoms with Crippen LogP contribution in [0.4, 0.5) is 0 Å². The Labute approximate surface area is 142 Å². The van der Waals surface area contributed by atoms with E-state index >= 15 is 0 Å². The molecule has 0 unspecified atom stereocenters. The topological polar surface area (TPSA) is 29.3 Å². The van der Waals surface area contributed by atoms with Gasteiger partial charge in [0.1, 0.15) is 5.52 Å². The minimum atomic E-state index is 0.457. The van der Waals surface area contributed by atoms with Crippen molar-refractivity contribution in [2.45, 2.75) is 25.3 Å². The van der Waals surface area contributed by atoms with Gasteiger partial charge >= 0.3 is 0 Å². The van der Waals surface area contributed by atoms with E-state index in [1.54, 1.807) is 0 Å². The van der Waals surface area contributed by atoms with Gasteiger partial charge in [-0.15, -0.1) is 11.3 Å². The molecule has 0 amide bonds. The van der Waals surface area contributed by atoms with Crippen LogP contribution in [0.15, 0.2) is 44.6 Å². The van der Waals surface area contributed by atoms with Crippen LogP contribution in [0.5, 0.6) is 0 Å². The molecule has 0 bridgehead atoms. The number of oxazole rings is 1. The van der Waals surface area contributed by atoms with Crippen LogP contribution in [-0.2, 0) is 6.54 Å². The second-order valence-corrected chi connectivity index (χ2v) is 8.32. The number of aromatic nitrogens is 1. The first-order valence-corrected chi connectivity index (χ1v) is 9.21. The number of halogens is 1. The Balaban J connectivity index is 1.40. The molecule has 0 saturated carbocycles. The monoisotopic (exact) mass is 376 g/mol. The molecule has 1 saturated heterocycles. The number of hydrogen-bond donors (Lipinski definition) is 0. The minimum Gasteiger partial charge on any atom is -0.440 e. The number of para-hydroxylation sites is 2. The van der Waals surface area contributed by atoms with E-state index in [0.717, 1.165) is 49.5 Å². The maximum absolute atomic E-state index is 5.93. The summed E-state index contributed by atoms with van der Waals surface area (Å²) in [7, 11) is 0. The molecule has 2 aromatic heterocycles. The molecule has 22 heavy (non-hydrogen) atoms. The summed E-state index contributed by atoms with van der Waals surface area (Å²) in [6.07, 6.45) is 2.25. The van der Waals surface area contributed by atoms with E-state index in [0.29, 0.717) is 5.92 Å². The van der Waals surface area contributed by atoms with Crippen LogP contribution in [0.3, 0.4) is 0 Å². The van der Waals surface area contributed by atoms with E-state index in [2.05, 4.69) is 37.9 Å². The molecule has 0 spiro atoms. The number of piperidine rings is 1. The molecule has 4 rings (SSSR count). The normalized spacial score (nSPS) is 17.3. The minimum absolute atomic E-state index is 0.457. The summed E-state index contributed by atoms with van der Waals surface area (Å²) in [5.74, 6) is 1.37. The molecule has 1 fully saturated rings. The number of fused-ring (bicyclic) bond motifs is 1. The van der Waals surface area contributed by atoms with Gasteiger partial charge < -0.3 is 4.42 Å². The molecular formula is C17H17BrN2OS. The van der Waals surface area contributed by atoms with Gasteiger partial charge in [0.05, 0.1) is 3.79 Å². The molecule has 3 nitrogen and oxygen atoms in total. The Kier molecular flexibility index (Phi) is 4.03. The maximum atomic E-state index is 5.93. The van der Waals surface area contributed by atoms with Crippen molar-refractivity contribution in [2.24, 2.45) is 0 Å². The predicted octanol–water partition coefficient (Wildman–Crippen LogP) is 5.03. The smallest absolute Gasteiger partial charge is 0.198 e. The summed E-state index contributed by atoms with van der Waals surface area (Å²) in [5, 5.41) is 0. The van der Waals surface area contributed by atoms with Crippen molar-refractivity contribution in [2.75, 3.05) is 13.1 Å². The third-order valence-corrected chi connectivity index (χ3v) is 5.86. The number of benzene rings is 1. The third-order valence-electron chi connectivity index (χ3n) is 4.26.